The first-order valence-corrected chi connectivity index (χ1v) is 8.44. The number of hydrogen-bond acceptors (Lipinski definition) is 4. The van der Waals surface area contributed by atoms with Crippen LogP contribution in [0.15, 0.2) is 48.5 Å². The highest BCUT2D eigenvalue weighted by Crippen LogP contribution is 2.15. The van der Waals surface area contributed by atoms with Crippen molar-refractivity contribution in [2.45, 2.75) is 49.5 Å². The maximum atomic E-state index is 11.1. The fourth-order valence-corrected chi connectivity index (χ4v) is 1.74. The first kappa shape index (κ1) is 28.3. The lowest BCUT2D eigenvalue weighted by atomic mass is 10.1. The van der Waals surface area contributed by atoms with Crippen LogP contribution in [-0.2, 0) is 0 Å². The summed E-state index contributed by atoms with van der Waals surface area (Å²) in [6.07, 6.45) is 0. The molecule has 4 nitrogen and oxygen atoms in total. The molecule has 0 atom stereocenters. The van der Waals surface area contributed by atoms with Gasteiger partial charge in [-0.25, -0.2) is 0 Å². The fourth-order valence-electron chi connectivity index (χ4n) is 1.74. The van der Waals surface area contributed by atoms with E-state index in [2.05, 4.69) is 10.6 Å². The summed E-state index contributed by atoms with van der Waals surface area (Å²) in [4.78, 5) is 11.1. The van der Waals surface area contributed by atoms with Crippen LogP contribution in [0.2, 0.25) is 0 Å². The molecule has 0 aromatic heterocycles. The molecule has 0 amide bonds. The maximum Gasteiger partial charge on any atom is 0.159 e. The van der Waals surface area contributed by atoms with E-state index in [0.29, 0.717) is 12.3 Å². The molecule has 0 saturated heterocycles. The summed E-state index contributed by atoms with van der Waals surface area (Å²) in [5, 5.41) is 6.23. The summed E-state index contributed by atoms with van der Waals surface area (Å²) in [5.41, 5.74) is 2.74. The second-order valence-electron chi connectivity index (χ2n) is 4.37. The lowest BCUT2D eigenvalue weighted by molar-refractivity contribution is 0.101. The Hall–Kier alpha value is -2.49. The van der Waals surface area contributed by atoms with Crippen LogP contribution in [0.3, 0.4) is 0 Å². The Labute approximate surface area is 161 Å². The summed E-state index contributed by atoms with van der Waals surface area (Å²) >= 11 is 0. The summed E-state index contributed by atoms with van der Waals surface area (Å²) in [6.45, 7) is 9.92. The molecule has 0 saturated carbocycles. The van der Waals surface area contributed by atoms with Crippen LogP contribution in [0.25, 0.3) is 0 Å². The Morgan fingerprint density at radius 3 is 1.73 bits per heavy atom. The van der Waals surface area contributed by atoms with E-state index in [0.717, 1.165) is 17.1 Å². The van der Waals surface area contributed by atoms with Crippen molar-refractivity contribution in [3.05, 3.63) is 54.1 Å². The molecule has 2 N–H and O–H groups in total. The third-order valence-corrected chi connectivity index (χ3v) is 2.95. The largest absolute Gasteiger partial charge is 0.473 e. The van der Waals surface area contributed by atoms with Crippen LogP contribution in [0, 0.1) is 0 Å². The number of ether oxygens (including phenoxy) is 1. The summed E-state index contributed by atoms with van der Waals surface area (Å²) in [6, 6.07) is 15.1. The number of anilines is 2. The quantitative estimate of drug-likeness (QED) is 0.443. The van der Waals surface area contributed by atoms with Gasteiger partial charge in [-0.2, -0.15) is 0 Å². The minimum Gasteiger partial charge on any atom is -0.473 e. The van der Waals surface area contributed by atoms with Crippen molar-refractivity contribution >= 4 is 17.2 Å². The molecule has 0 spiro atoms. The van der Waals surface area contributed by atoms with Crippen molar-refractivity contribution in [1.29, 1.82) is 0 Å². The van der Waals surface area contributed by atoms with Gasteiger partial charge in [-0.05, 0) is 55.5 Å². The number of benzene rings is 2. The van der Waals surface area contributed by atoms with Gasteiger partial charge in [0.05, 0.1) is 0 Å². The van der Waals surface area contributed by atoms with Crippen LogP contribution in [-0.4, -0.2) is 19.6 Å². The molecule has 2 aromatic rings. The molecule has 2 aromatic carbocycles. The Morgan fingerprint density at radius 2 is 1.31 bits per heavy atom. The fraction of sp³-hybridized carbons (Fsp3) is 0.409. The van der Waals surface area contributed by atoms with Crippen molar-refractivity contribution in [1.82, 2.24) is 0 Å². The van der Waals surface area contributed by atoms with E-state index in [1.807, 2.05) is 59.0 Å². The van der Waals surface area contributed by atoms with E-state index in [4.69, 9.17) is 4.74 Å². The molecule has 26 heavy (non-hydrogen) atoms. The normalized spacial score (nSPS) is 8.08. The van der Waals surface area contributed by atoms with Crippen LogP contribution in [0.1, 0.15) is 59.8 Å². The highest BCUT2D eigenvalue weighted by Gasteiger charge is 1.99. The topological polar surface area (TPSA) is 50.4 Å². The molecule has 0 aliphatic heterocycles. The number of hydrogen-bond donors (Lipinski definition) is 2. The molecule has 0 aliphatic rings. The summed E-state index contributed by atoms with van der Waals surface area (Å²) < 4.78 is 5.56. The van der Waals surface area contributed by atoms with Crippen molar-refractivity contribution in [3.63, 3.8) is 0 Å². The van der Waals surface area contributed by atoms with E-state index < -0.39 is 0 Å². The van der Waals surface area contributed by atoms with Gasteiger partial charge in [0, 0.05) is 24.0 Å². The molecule has 0 aliphatic carbocycles. The highest BCUT2D eigenvalue weighted by atomic mass is 16.5. The third kappa shape index (κ3) is 10.4. The second-order valence-corrected chi connectivity index (χ2v) is 4.37. The van der Waals surface area contributed by atoms with Gasteiger partial charge in [0.25, 0.3) is 0 Å². The molecule has 0 bridgehead atoms. The molecule has 0 fully saturated rings. The van der Waals surface area contributed by atoms with Gasteiger partial charge < -0.3 is 15.4 Å². The van der Waals surface area contributed by atoms with E-state index in [1.165, 1.54) is 0 Å². The second kappa shape index (κ2) is 17.3. The summed E-state index contributed by atoms with van der Waals surface area (Å²) in [5.74, 6) is 0.786. The Bertz CT molecular complexity index is 564. The number of ketones is 1. The van der Waals surface area contributed by atoms with Gasteiger partial charge in [-0.1, -0.05) is 42.5 Å². The molecule has 2 rings (SSSR count). The van der Waals surface area contributed by atoms with Crippen LogP contribution < -0.4 is 15.4 Å². The van der Waals surface area contributed by atoms with E-state index >= 15 is 0 Å². The number of carbonyl (C=O) groups excluding carboxylic acids is 1. The lowest BCUT2D eigenvalue weighted by Gasteiger charge is -2.10. The number of nitrogens with one attached hydrogen (secondary N) is 2. The first-order valence-electron chi connectivity index (χ1n) is 8.44. The summed E-state index contributed by atoms with van der Waals surface area (Å²) in [7, 11) is 1.89. The zero-order valence-corrected chi connectivity index (χ0v) is 15.6. The molecule has 0 unspecified atom stereocenters. The van der Waals surface area contributed by atoms with E-state index in [-0.39, 0.29) is 20.6 Å². The minimum absolute atomic E-state index is 0. The molecule has 0 radical (unpaired) electrons. The van der Waals surface area contributed by atoms with Gasteiger partial charge in [0.2, 0.25) is 0 Å². The van der Waals surface area contributed by atoms with Gasteiger partial charge in [-0.15, -0.1) is 0 Å². The van der Waals surface area contributed by atoms with E-state index in [9.17, 15) is 4.79 Å². The molecular formula is C22H38N2O2. The van der Waals surface area contributed by atoms with Gasteiger partial charge >= 0.3 is 0 Å². The van der Waals surface area contributed by atoms with Crippen molar-refractivity contribution in [3.8, 4) is 5.75 Å². The van der Waals surface area contributed by atoms with Crippen LogP contribution in [0.4, 0.5) is 11.4 Å². The SMILES string of the molecule is C.C.CC.CC.CNc1ccc(NCOc2ccc(C(C)=O)cc2)cc1. The number of carbonyl (C=O) groups is 1. The molecule has 0 heterocycles. The third-order valence-electron chi connectivity index (χ3n) is 2.95. The van der Waals surface area contributed by atoms with E-state index in [1.54, 1.807) is 31.2 Å². The van der Waals surface area contributed by atoms with Crippen molar-refractivity contribution < 1.29 is 9.53 Å². The lowest BCUT2D eigenvalue weighted by Crippen LogP contribution is -2.08. The van der Waals surface area contributed by atoms with Crippen molar-refractivity contribution in [2.24, 2.45) is 0 Å². The smallest absolute Gasteiger partial charge is 0.159 e. The number of Topliss-reactive ketones (excluding diaryl/α,β-unsaturated/α-hetero) is 1. The monoisotopic (exact) mass is 362 g/mol. The predicted octanol–water partition coefficient (Wildman–Crippen LogP) is 6.70. The van der Waals surface area contributed by atoms with Crippen LogP contribution >= 0.6 is 0 Å². The highest BCUT2D eigenvalue weighted by molar-refractivity contribution is 5.94. The van der Waals surface area contributed by atoms with Crippen molar-refractivity contribution in [2.75, 3.05) is 24.4 Å². The predicted molar refractivity (Wildman–Crippen MR) is 118 cm³/mol. The molecule has 148 valence electrons. The number of rotatable bonds is 6. The minimum atomic E-state index is 0. The van der Waals surface area contributed by atoms with Gasteiger partial charge in [0.1, 0.15) is 5.75 Å². The van der Waals surface area contributed by atoms with Gasteiger partial charge in [0.15, 0.2) is 12.5 Å². The Balaban J connectivity index is -0.000000824. The Kier molecular flexibility index (Phi) is 18.9. The average molecular weight is 363 g/mol. The maximum absolute atomic E-state index is 11.1. The first-order chi connectivity index (χ1) is 11.7. The average Bonchev–Trinajstić information content (AvgIpc) is 2.66. The molecule has 4 heteroatoms. The zero-order valence-electron chi connectivity index (χ0n) is 15.6. The Morgan fingerprint density at radius 1 is 0.846 bits per heavy atom. The van der Waals surface area contributed by atoms with Gasteiger partial charge in [-0.3, -0.25) is 4.79 Å². The zero-order chi connectivity index (χ0) is 18.4. The standard InChI is InChI=1S/C16H18N2O2.2C2H6.2CH4/c1-12(19)13-3-9-16(10-4-13)20-11-18-15-7-5-14(17-2)6-8-15;2*1-2;;/h3-10,17-18H,11H2,1-2H3;2*1-2H3;2*1H4. The molecular weight excluding hydrogens is 324 g/mol. The van der Waals surface area contributed by atoms with Crippen LogP contribution in [0.5, 0.6) is 5.75 Å².